The van der Waals surface area contributed by atoms with Crippen molar-refractivity contribution in [1.82, 2.24) is 0 Å². The molecule has 0 saturated carbocycles. The third-order valence-corrected chi connectivity index (χ3v) is 3.25. The van der Waals surface area contributed by atoms with E-state index in [0.717, 1.165) is 14.8 Å². The molecule has 0 aliphatic carbocycles. The first-order valence-electron chi connectivity index (χ1n) is 4.81. The van der Waals surface area contributed by atoms with Gasteiger partial charge in [-0.25, -0.2) is 0 Å². The van der Waals surface area contributed by atoms with Crippen LogP contribution >= 0.6 is 22.9 Å². The minimum absolute atomic E-state index is 0.221. The Bertz CT molecular complexity index is 473. The molecule has 0 aliphatic heterocycles. The van der Waals surface area contributed by atoms with Gasteiger partial charge in [-0.3, -0.25) is 0 Å². The number of thiophene rings is 1. The summed E-state index contributed by atoms with van der Waals surface area (Å²) in [5.41, 5.74) is 0.971. The normalized spacial score (nSPS) is 10.4. The van der Waals surface area contributed by atoms with Gasteiger partial charge >= 0.3 is 0 Å². The van der Waals surface area contributed by atoms with Gasteiger partial charge in [0.25, 0.3) is 0 Å². The summed E-state index contributed by atoms with van der Waals surface area (Å²) in [6.07, 6.45) is 0. The summed E-state index contributed by atoms with van der Waals surface area (Å²) in [4.78, 5) is 1.06. The van der Waals surface area contributed by atoms with Crippen LogP contribution in [0.3, 0.4) is 0 Å². The van der Waals surface area contributed by atoms with Crippen molar-refractivity contribution in [3.8, 4) is 11.5 Å². The predicted octanol–water partition coefficient (Wildman–Crippen LogP) is 3.99. The van der Waals surface area contributed by atoms with E-state index < -0.39 is 0 Å². The quantitative estimate of drug-likeness (QED) is 0.897. The van der Waals surface area contributed by atoms with Crippen molar-refractivity contribution < 1.29 is 9.84 Å². The molecule has 0 saturated heterocycles. The fourth-order valence-electron chi connectivity index (χ4n) is 1.40. The van der Waals surface area contributed by atoms with E-state index in [1.165, 1.54) is 11.3 Å². The number of phenolic OH excluding ortho intramolecular Hbond substituents is 1. The Morgan fingerprint density at radius 3 is 2.75 bits per heavy atom. The highest BCUT2D eigenvalue weighted by Crippen LogP contribution is 2.25. The van der Waals surface area contributed by atoms with Gasteiger partial charge in [0.1, 0.15) is 18.1 Å². The third kappa shape index (κ3) is 2.90. The first-order chi connectivity index (χ1) is 7.63. The van der Waals surface area contributed by atoms with E-state index in [1.807, 2.05) is 25.1 Å². The lowest BCUT2D eigenvalue weighted by Gasteiger charge is -2.06. The molecule has 0 spiro atoms. The Labute approximate surface area is 103 Å². The molecular formula is C12H11ClO2S. The van der Waals surface area contributed by atoms with Crippen molar-refractivity contribution in [2.75, 3.05) is 0 Å². The lowest BCUT2D eigenvalue weighted by Crippen LogP contribution is -1.92. The van der Waals surface area contributed by atoms with Gasteiger partial charge in [0.15, 0.2) is 0 Å². The number of rotatable bonds is 3. The number of phenols is 1. The number of hydrogen-bond donors (Lipinski definition) is 1. The SMILES string of the molecule is Cc1cc(O)cc(OCc2ccc(Cl)s2)c1. The number of benzene rings is 1. The van der Waals surface area contributed by atoms with E-state index in [2.05, 4.69) is 0 Å². The topological polar surface area (TPSA) is 29.5 Å². The number of aromatic hydroxyl groups is 1. The second-order valence-corrected chi connectivity index (χ2v) is 5.30. The summed E-state index contributed by atoms with van der Waals surface area (Å²) < 4.78 is 6.31. The lowest BCUT2D eigenvalue weighted by atomic mass is 10.2. The second-order valence-electron chi connectivity index (χ2n) is 3.50. The van der Waals surface area contributed by atoms with E-state index in [1.54, 1.807) is 12.1 Å². The molecule has 0 radical (unpaired) electrons. The van der Waals surface area contributed by atoms with Crippen molar-refractivity contribution in [2.45, 2.75) is 13.5 Å². The molecule has 4 heteroatoms. The molecular weight excluding hydrogens is 244 g/mol. The van der Waals surface area contributed by atoms with E-state index >= 15 is 0 Å². The third-order valence-electron chi connectivity index (χ3n) is 2.05. The molecule has 0 atom stereocenters. The highest BCUT2D eigenvalue weighted by Gasteiger charge is 2.01. The largest absolute Gasteiger partial charge is 0.508 e. The average Bonchev–Trinajstić information content (AvgIpc) is 2.60. The number of halogens is 1. The maximum Gasteiger partial charge on any atom is 0.123 e. The van der Waals surface area contributed by atoms with Crippen LogP contribution in [-0.2, 0) is 6.61 Å². The fraction of sp³-hybridized carbons (Fsp3) is 0.167. The van der Waals surface area contributed by atoms with Gasteiger partial charge in [-0.15, -0.1) is 11.3 Å². The van der Waals surface area contributed by atoms with E-state index in [4.69, 9.17) is 16.3 Å². The highest BCUT2D eigenvalue weighted by atomic mass is 35.5. The molecule has 0 bridgehead atoms. The smallest absolute Gasteiger partial charge is 0.123 e. The van der Waals surface area contributed by atoms with Crippen molar-refractivity contribution in [3.05, 3.63) is 45.1 Å². The summed E-state index contributed by atoms with van der Waals surface area (Å²) >= 11 is 7.31. The van der Waals surface area contributed by atoms with Crippen LogP contribution in [0.25, 0.3) is 0 Å². The van der Waals surface area contributed by atoms with Crippen LogP contribution in [0.1, 0.15) is 10.4 Å². The molecule has 1 N–H and O–H groups in total. The minimum atomic E-state index is 0.221. The molecule has 0 unspecified atom stereocenters. The van der Waals surface area contributed by atoms with Gasteiger partial charge in [0, 0.05) is 10.9 Å². The van der Waals surface area contributed by atoms with Gasteiger partial charge < -0.3 is 9.84 Å². The molecule has 2 aromatic rings. The van der Waals surface area contributed by atoms with Crippen LogP contribution in [-0.4, -0.2) is 5.11 Å². The Balaban J connectivity index is 2.04. The Morgan fingerprint density at radius 2 is 2.12 bits per heavy atom. The molecule has 1 heterocycles. The van der Waals surface area contributed by atoms with Crippen molar-refractivity contribution in [2.24, 2.45) is 0 Å². The number of hydrogen-bond acceptors (Lipinski definition) is 3. The van der Waals surface area contributed by atoms with Crippen LogP contribution in [0.2, 0.25) is 4.34 Å². The van der Waals surface area contributed by atoms with Crippen LogP contribution in [0.4, 0.5) is 0 Å². The summed E-state index contributed by atoms with van der Waals surface area (Å²) in [6, 6.07) is 8.95. The lowest BCUT2D eigenvalue weighted by molar-refractivity contribution is 0.307. The van der Waals surface area contributed by atoms with E-state index in [9.17, 15) is 5.11 Å². The summed E-state index contributed by atoms with van der Waals surface area (Å²) in [5.74, 6) is 0.890. The fourth-order valence-corrected chi connectivity index (χ4v) is 2.40. The molecule has 1 aromatic carbocycles. The van der Waals surface area contributed by atoms with Gasteiger partial charge in [-0.2, -0.15) is 0 Å². The zero-order chi connectivity index (χ0) is 11.5. The van der Waals surface area contributed by atoms with Crippen molar-refractivity contribution in [3.63, 3.8) is 0 Å². The van der Waals surface area contributed by atoms with Crippen LogP contribution in [0.5, 0.6) is 11.5 Å². The Kier molecular flexibility index (Phi) is 3.36. The van der Waals surface area contributed by atoms with Gasteiger partial charge in [-0.1, -0.05) is 11.6 Å². The molecule has 2 nitrogen and oxygen atoms in total. The molecule has 2 rings (SSSR count). The molecule has 84 valence electrons. The first-order valence-corrected chi connectivity index (χ1v) is 6.00. The average molecular weight is 255 g/mol. The zero-order valence-corrected chi connectivity index (χ0v) is 10.3. The zero-order valence-electron chi connectivity index (χ0n) is 8.74. The number of ether oxygens (including phenoxy) is 1. The van der Waals surface area contributed by atoms with Crippen LogP contribution in [0.15, 0.2) is 30.3 Å². The second kappa shape index (κ2) is 4.76. The monoisotopic (exact) mass is 254 g/mol. The molecule has 0 aliphatic rings. The van der Waals surface area contributed by atoms with E-state index in [-0.39, 0.29) is 5.75 Å². The first kappa shape index (κ1) is 11.3. The minimum Gasteiger partial charge on any atom is -0.508 e. The molecule has 1 aromatic heterocycles. The van der Waals surface area contributed by atoms with Crippen LogP contribution < -0.4 is 4.74 Å². The highest BCUT2D eigenvalue weighted by molar-refractivity contribution is 7.16. The maximum absolute atomic E-state index is 9.40. The molecule has 0 amide bonds. The van der Waals surface area contributed by atoms with Gasteiger partial charge in [0.2, 0.25) is 0 Å². The van der Waals surface area contributed by atoms with Crippen LogP contribution in [0, 0.1) is 6.92 Å². The Morgan fingerprint density at radius 1 is 1.31 bits per heavy atom. The van der Waals surface area contributed by atoms with Gasteiger partial charge in [-0.05, 0) is 36.8 Å². The number of aryl methyl sites for hydroxylation is 1. The summed E-state index contributed by atoms with van der Waals surface area (Å²) in [5, 5.41) is 9.40. The van der Waals surface area contributed by atoms with Crippen molar-refractivity contribution >= 4 is 22.9 Å². The molecule has 16 heavy (non-hydrogen) atoms. The standard InChI is InChI=1S/C12H11ClO2S/c1-8-4-9(14)6-10(5-8)15-7-11-2-3-12(13)16-11/h2-6,14H,7H2,1H3. The molecule has 0 fully saturated rings. The Hall–Kier alpha value is -1.19. The van der Waals surface area contributed by atoms with E-state index in [0.29, 0.717) is 12.4 Å². The predicted molar refractivity (Wildman–Crippen MR) is 66.5 cm³/mol. The summed E-state index contributed by atoms with van der Waals surface area (Å²) in [6.45, 7) is 2.38. The van der Waals surface area contributed by atoms with Crippen molar-refractivity contribution in [1.29, 1.82) is 0 Å². The maximum atomic E-state index is 9.40. The summed E-state index contributed by atoms with van der Waals surface area (Å²) in [7, 11) is 0. The van der Waals surface area contributed by atoms with Gasteiger partial charge in [0.05, 0.1) is 4.34 Å².